The largest absolute Gasteiger partial charge is 0.479 e. The minimum Gasteiger partial charge on any atom is -0.479 e. The van der Waals surface area contributed by atoms with Crippen LogP contribution in [0.2, 0.25) is 0 Å². The molecule has 2 rings (SSSR count). The van der Waals surface area contributed by atoms with Crippen LogP contribution in [0.3, 0.4) is 0 Å². The maximum absolute atomic E-state index is 11.4. The Labute approximate surface area is 94.2 Å². The zero-order valence-corrected chi connectivity index (χ0v) is 8.88. The average molecular weight is 243 g/mol. The number of ether oxygens (including phenoxy) is 1. The van der Waals surface area contributed by atoms with Gasteiger partial charge in [0.05, 0.1) is 0 Å². The van der Waals surface area contributed by atoms with Crippen LogP contribution in [0, 0.1) is 0 Å². The van der Waals surface area contributed by atoms with Gasteiger partial charge in [0.15, 0.2) is 0 Å². The van der Waals surface area contributed by atoms with Gasteiger partial charge >= 0.3 is 11.7 Å². The van der Waals surface area contributed by atoms with E-state index in [4.69, 9.17) is 15.6 Å². The van der Waals surface area contributed by atoms with Crippen molar-refractivity contribution < 1.29 is 14.6 Å². The van der Waals surface area contributed by atoms with Crippen molar-refractivity contribution in [2.24, 2.45) is 0 Å². The minimum atomic E-state index is -1.05. The summed E-state index contributed by atoms with van der Waals surface area (Å²) in [5, 5.41) is 8.72. The van der Waals surface area contributed by atoms with Crippen LogP contribution in [0.1, 0.15) is 6.23 Å². The summed E-state index contributed by atoms with van der Waals surface area (Å²) in [5.41, 5.74) is 3.86. The Kier molecular flexibility index (Phi) is 2.84. The summed E-state index contributed by atoms with van der Waals surface area (Å²) in [4.78, 5) is 25.6. The Morgan fingerprint density at radius 1 is 1.75 bits per heavy atom. The summed E-state index contributed by atoms with van der Waals surface area (Å²) in [6, 6.07) is 1.46. The van der Waals surface area contributed by atoms with E-state index in [9.17, 15) is 9.59 Å². The smallest absolute Gasteiger partial charge is 0.351 e. The van der Waals surface area contributed by atoms with E-state index in [1.54, 1.807) is 0 Å². The number of nitrogens with zero attached hydrogens (tertiary/aromatic N) is 2. The number of aliphatic carboxylic acids is 1. The summed E-state index contributed by atoms with van der Waals surface area (Å²) in [7, 11) is 0. The van der Waals surface area contributed by atoms with Gasteiger partial charge in [0.1, 0.15) is 12.0 Å². The molecular formula is C8H9N3O4S. The molecule has 1 aliphatic rings. The van der Waals surface area contributed by atoms with Gasteiger partial charge in [-0.25, -0.2) is 9.59 Å². The second kappa shape index (κ2) is 4.14. The second-order valence-electron chi connectivity index (χ2n) is 3.14. The van der Waals surface area contributed by atoms with Crippen LogP contribution >= 0.6 is 11.8 Å². The van der Waals surface area contributed by atoms with Gasteiger partial charge in [-0.05, 0) is 6.07 Å². The van der Waals surface area contributed by atoms with E-state index in [0.717, 1.165) is 11.8 Å². The highest BCUT2D eigenvalue weighted by atomic mass is 32.2. The zero-order chi connectivity index (χ0) is 11.7. The molecule has 0 aromatic carbocycles. The number of nitrogen functional groups attached to an aromatic ring is 1. The Bertz CT molecular complexity index is 475. The zero-order valence-electron chi connectivity index (χ0n) is 8.07. The van der Waals surface area contributed by atoms with Crippen LogP contribution < -0.4 is 11.4 Å². The Morgan fingerprint density at radius 2 is 2.50 bits per heavy atom. The lowest BCUT2D eigenvalue weighted by Crippen LogP contribution is -2.29. The quantitative estimate of drug-likeness (QED) is 0.720. The molecule has 86 valence electrons. The van der Waals surface area contributed by atoms with E-state index >= 15 is 0 Å². The van der Waals surface area contributed by atoms with Crippen LogP contribution in [0.25, 0.3) is 0 Å². The number of anilines is 1. The molecule has 3 N–H and O–H groups in total. The fourth-order valence-electron chi connectivity index (χ4n) is 1.31. The Balaban J connectivity index is 2.21. The number of nitrogens with two attached hydrogens (primary N) is 1. The molecule has 1 fully saturated rings. The summed E-state index contributed by atoms with van der Waals surface area (Å²) in [5.74, 6) is -0.534. The van der Waals surface area contributed by atoms with E-state index in [0.29, 0.717) is 5.75 Å². The second-order valence-corrected chi connectivity index (χ2v) is 4.23. The molecule has 2 heterocycles. The highest BCUT2D eigenvalue weighted by Crippen LogP contribution is 2.30. The molecule has 1 saturated heterocycles. The van der Waals surface area contributed by atoms with E-state index in [-0.39, 0.29) is 5.82 Å². The van der Waals surface area contributed by atoms with Gasteiger partial charge in [-0.2, -0.15) is 4.98 Å². The molecule has 1 aliphatic heterocycles. The highest BCUT2D eigenvalue weighted by Gasteiger charge is 2.32. The van der Waals surface area contributed by atoms with Crippen molar-refractivity contribution in [1.29, 1.82) is 0 Å². The van der Waals surface area contributed by atoms with Crippen molar-refractivity contribution in [1.82, 2.24) is 9.55 Å². The summed E-state index contributed by atoms with van der Waals surface area (Å²) >= 11 is 1.13. The van der Waals surface area contributed by atoms with Crippen LogP contribution in [0.4, 0.5) is 5.82 Å². The monoisotopic (exact) mass is 243 g/mol. The molecular weight excluding hydrogens is 234 g/mol. The molecule has 7 nitrogen and oxygen atoms in total. The average Bonchev–Trinajstić information content (AvgIpc) is 2.66. The first kappa shape index (κ1) is 11.0. The highest BCUT2D eigenvalue weighted by molar-refractivity contribution is 8.00. The summed E-state index contributed by atoms with van der Waals surface area (Å²) < 4.78 is 6.40. The van der Waals surface area contributed by atoms with Gasteiger partial charge < -0.3 is 15.6 Å². The lowest BCUT2D eigenvalue weighted by atomic mass is 10.5. The molecule has 0 amide bonds. The van der Waals surface area contributed by atoms with Crippen molar-refractivity contribution in [3.63, 3.8) is 0 Å². The number of aromatic nitrogens is 2. The first-order valence-electron chi connectivity index (χ1n) is 4.42. The van der Waals surface area contributed by atoms with Crippen molar-refractivity contribution in [3.05, 3.63) is 22.7 Å². The van der Waals surface area contributed by atoms with Crippen LogP contribution in [-0.2, 0) is 9.53 Å². The van der Waals surface area contributed by atoms with E-state index in [1.807, 2.05) is 0 Å². The molecule has 2 atom stereocenters. The molecule has 8 heteroatoms. The first-order valence-corrected chi connectivity index (χ1v) is 5.47. The standard InChI is InChI=1S/C8H9N3O4S/c9-4-1-2-11(8(14)10-4)5-3-16-7(15-5)6(12)13/h1-2,5,7H,3H2,(H,12,13)(H2,9,10,14)/t5-,7-/m0/s1. The third kappa shape index (κ3) is 2.02. The predicted molar refractivity (Wildman–Crippen MR) is 56.9 cm³/mol. The van der Waals surface area contributed by atoms with Gasteiger partial charge in [0, 0.05) is 11.9 Å². The minimum absolute atomic E-state index is 0.127. The maximum atomic E-state index is 11.4. The Morgan fingerprint density at radius 3 is 3.06 bits per heavy atom. The number of hydrogen-bond donors (Lipinski definition) is 2. The van der Waals surface area contributed by atoms with E-state index in [2.05, 4.69) is 4.98 Å². The van der Waals surface area contributed by atoms with Gasteiger partial charge in [0.2, 0.25) is 5.44 Å². The first-order chi connectivity index (χ1) is 7.58. The SMILES string of the molecule is Nc1ccn([C@@H]2CS[C@@H](C(=O)O)O2)c(=O)n1. The van der Waals surface area contributed by atoms with Crippen LogP contribution in [0.15, 0.2) is 17.1 Å². The number of carboxylic acid groups (broad SMARTS) is 1. The fourth-order valence-corrected chi connectivity index (χ4v) is 2.24. The number of carbonyl (C=O) groups is 1. The maximum Gasteiger partial charge on any atom is 0.351 e. The van der Waals surface area contributed by atoms with Gasteiger partial charge in [-0.1, -0.05) is 0 Å². The molecule has 1 aromatic heterocycles. The number of rotatable bonds is 2. The number of hydrogen-bond acceptors (Lipinski definition) is 6. The lowest BCUT2D eigenvalue weighted by Gasteiger charge is -2.12. The fraction of sp³-hybridized carbons (Fsp3) is 0.375. The van der Waals surface area contributed by atoms with Crippen molar-refractivity contribution in [2.45, 2.75) is 11.7 Å². The molecule has 0 saturated carbocycles. The van der Waals surface area contributed by atoms with Crippen LogP contribution in [0.5, 0.6) is 0 Å². The van der Waals surface area contributed by atoms with Gasteiger partial charge in [-0.3, -0.25) is 4.57 Å². The molecule has 0 unspecified atom stereocenters. The van der Waals surface area contributed by atoms with Crippen molar-refractivity contribution >= 4 is 23.5 Å². The summed E-state index contributed by atoms with van der Waals surface area (Å²) in [6.45, 7) is 0. The predicted octanol–water partition coefficient (Wildman–Crippen LogP) is -0.502. The molecule has 0 radical (unpaired) electrons. The van der Waals surface area contributed by atoms with Gasteiger partial charge in [0.25, 0.3) is 0 Å². The van der Waals surface area contributed by atoms with Crippen molar-refractivity contribution in [2.75, 3.05) is 11.5 Å². The van der Waals surface area contributed by atoms with Crippen molar-refractivity contribution in [3.8, 4) is 0 Å². The topological polar surface area (TPSA) is 107 Å². The molecule has 0 spiro atoms. The summed E-state index contributed by atoms with van der Waals surface area (Å²) in [6.07, 6.45) is 0.840. The Hall–Kier alpha value is -1.54. The lowest BCUT2D eigenvalue weighted by molar-refractivity contribution is -0.147. The third-order valence-corrected chi connectivity index (χ3v) is 3.13. The van der Waals surface area contributed by atoms with Crippen LogP contribution in [-0.4, -0.2) is 31.8 Å². The van der Waals surface area contributed by atoms with E-state index < -0.39 is 23.3 Å². The number of thioether (sulfide) groups is 1. The van der Waals surface area contributed by atoms with E-state index in [1.165, 1.54) is 16.8 Å². The molecule has 16 heavy (non-hydrogen) atoms. The molecule has 0 bridgehead atoms. The molecule has 1 aromatic rings. The van der Waals surface area contributed by atoms with Gasteiger partial charge in [-0.15, -0.1) is 11.8 Å². The molecule has 0 aliphatic carbocycles. The number of carboxylic acids is 1. The third-order valence-electron chi connectivity index (χ3n) is 2.03. The normalized spacial score (nSPS) is 24.5.